The van der Waals surface area contributed by atoms with Gasteiger partial charge in [0.1, 0.15) is 0 Å². The highest BCUT2D eigenvalue weighted by molar-refractivity contribution is 5.38. The number of alkyl halides is 3. The molecule has 0 bridgehead atoms. The Balaban J connectivity index is 2.14. The van der Waals surface area contributed by atoms with Gasteiger partial charge in [-0.15, -0.1) is 0 Å². The molecule has 0 spiro atoms. The second-order valence-corrected chi connectivity index (χ2v) is 3.85. The Morgan fingerprint density at radius 2 is 1.74 bits per heavy atom. The maximum absolute atomic E-state index is 12.8. The molecule has 1 aromatic heterocycles. The molecule has 19 heavy (non-hydrogen) atoms. The van der Waals surface area contributed by atoms with Crippen LogP contribution in [0.25, 0.3) is 0 Å². The SMILES string of the molecule is Nc1cnc(NCc2ccccc2C(F)(F)F)nc1. The molecule has 0 aliphatic carbocycles. The topological polar surface area (TPSA) is 63.8 Å². The molecule has 0 fully saturated rings. The van der Waals surface area contributed by atoms with E-state index >= 15 is 0 Å². The van der Waals surface area contributed by atoms with E-state index in [1.165, 1.54) is 24.5 Å². The van der Waals surface area contributed by atoms with E-state index in [1.54, 1.807) is 6.07 Å². The molecule has 2 rings (SSSR count). The third-order valence-electron chi connectivity index (χ3n) is 2.43. The predicted octanol–water partition coefficient (Wildman–Crippen LogP) is 2.69. The van der Waals surface area contributed by atoms with Crippen LogP contribution in [-0.4, -0.2) is 9.97 Å². The number of nitrogen functional groups attached to an aromatic ring is 1. The highest BCUT2D eigenvalue weighted by Gasteiger charge is 2.32. The summed E-state index contributed by atoms with van der Waals surface area (Å²) in [5.74, 6) is 0.228. The lowest BCUT2D eigenvalue weighted by Gasteiger charge is -2.13. The third-order valence-corrected chi connectivity index (χ3v) is 2.43. The fourth-order valence-electron chi connectivity index (χ4n) is 1.55. The highest BCUT2D eigenvalue weighted by atomic mass is 19.4. The summed E-state index contributed by atoms with van der Waals surface area (Å²) in [6.07, 6.45) is -1.61. The van der Waals surface area contributed by atoms with Crippen LogP contribution in [0.5, 0.6) is 0 Å². The first-order valence-electron chi connectivity index (χ1n) is 5.43. The van der Waals surface area contributed by atoms with Crippen molar-refractivity contribution in [3.8, 4) is 0 Å². The average Bonchev–Trinajstić information content (AvgIpc) is 2.37. The van der Waals surface area contributed by atoms with Crippen molar-refractivity contribution in [1.82, 2.24) is 9.97 Å². The van der Waals surface area contributed by atoms with E-state index in [2.05, 4.69) is 15.3 Å². The molecule has 7 heteroatoms. The Morgan fingerprint density at radius 3 is 2.37 bits per heavy atom. The lowest BCUT2D eigenvalue weighted by Crippen LogP contribution is -2.12. The van der Waals surface area contributed by atoms with Gasteiger partial charge in [-0.2, -0.15) is 13.2 Å². The quantitative estimate of drug-likeness (QED) is 0.898. The van der Waals surface area contributed by atoms with Crippen LogP contribution in [-0.2, 0) is 12.7 Å². The van der Waals surface area contributed by atoms with E-state index < -0.39 is 11.7 Å². The molecule has 4 nitrogen and oxygen atoms in total. The van der Waals surface area contributed by atoms with Gasteiger partial charge in [-0.05, 0) is 11.6 Å². The number of nitrogens with one attached hydrogen (secondary N) is 1. The van der Waals surface area contributed by atoms with Gasteiger partial charge in [-0.25, -0.2) is 9.97 Å². The maximum Gasteiger partial charge on any atom is 0.416 e. The summed E-state index contributed by atoms with van der Waals surface area (Å²) in [5.41, 5.74) is 5.27. The van der Waals surface area contributed by atoms with Crippen molar-refractivity contribution >= 4 is 11.6 Å². The molecule has 0 aliphatic rings. The lowest BCUT2D eigenvalue weighted by molar-refractivity contribution is -0.138. The van der Waals surface area contributed by atoms with Gasteiger partial charge in [0.2, 0.25) is 5.95 Å². The van der Waals surface area contributed by atoms with E-state index in [-0.39, 0.29) is 18.1 Å². The molecule has 0 saturated carbocycles. The molecule has 0 saturated heterocycles. The number of hydrogen-bond acceptors (Lipinski definition) is 4. The van der Waals surface area contributed by atoms with Crippen LogP contribution in [0, 0.1) is 0 Å². The fraction of sp³-hybridized carbons (Fsp3) is 0.167. The number of halogens is 3. The molecule has 3 N–H and O–H groups in total. The minimum atomic E-state index is -4.37. The zero-order valence-electron chi connectivity index (χ0n) is 9.78. The first-order valence-corrected chi connectivity index (χ1v) is 5.43. The fourth-order valence-corrected chi connectivity index (χ4v) is 1.55. The molecule has 0 aliphatic heterocycles. The largest absolute Gasteiger partial charge is 0.416 e. The molecular formula is C12H11F3N4. The van der Waals surface area contributed by atoms with Gasteiger partial charge in [-0.1, -0.05) is 18.2 Å². The van der Waals surface area contributed by atoms with Gasteiger partial charge in [0, 0.05) is 6.54 Å². The zero-order valence-corrected chi connectivity index (χ0v) is 9.78. The number of hydrogen-bond donors (Lipinski definition) is 2. The van der Waals surface area contributed by atoms with E-state index in [0.29, 0.717) is 5.69 Å². The number of rotatable bonds is 3. The lowest BCUT2D eigenvalue weighted by atomic mass is 10.1. The minimum Gasteiger partial charge on any atom is -0.396 e. The van der Waals surface area contributed by atoms with Gasteiger partial charge in [0.15, 0.2) is 0 Å². The molecule has 0 radical (unpaired) electrons. The second kappa shape index (κ2) is 5.13. The standard InChI is InChI=1S/C12H11F3N4/c13-12(14,15)10-4-2-1-3-8(10)5-17-11-18-6-9(16)7-19-11/h1-4,6-7H,5,16H2,(H,17,18,19). The maximum atomic E-state index is 12.8. The summed E-state index contributed by atoms with van der Waals surface area (Å²) < 4.78 is 38.3. The first-order chi connectivity index (χ1) is 8.97. The van der Waals surface area contributed by atoms with Crippen LogP contribution in [0.3, 0.4) is 0 Å². The molecule has 1 aromatic carbocycles. The number of benzene rings is 1. The van der Waals surface area contributed by atoms with Crippen molar-refractivity contribution in [2.45, 2.75) is 12.7 Å². The predicted molar refractivity (Wildman–Crippen MR) is 65.2 cm³/mol. The molecule has 0 unspecified atom stereocenters. The van der Waals surface area contributed by atoms with Crippen molar-refractivity contribution in [1.29, 1.82) is 0 Å². The monoisotopic (exact) mass is 268 g/mol. The van der Waals surface area contributed by atoms with Crippen molar-refractivity contribution in [3.05, 3.63) is 47.8 Å². The Bertz CT molecular complexity index is 552. The van der Waals surface area contributed by atoms with Gasteiger partial charge >= 0.3 is 6.18 Å². The minimum absolute atomic E-state index is 0.0143. The molecule has 2 aromatic rings. The van der Waals surface area contributed by atoms with Crippen molar-refractivity contribution in [2.75, 3.05) is 11.1 Å². The number of nitrogens with zero attached hydrogens (tertiary/aromatic N) is 2. The Kier molecular flexibility index (Phi) is 3.55. The smallest absolute Gasteiger partial charge is 0.396 e. The van der Waals surface area contributed by atoms with Gasteiger partial charge in [0.25, 0.3) is 0 Å². The molecular weight excluding hydrogens is 257 g/mol. The van der Waals surface area contributed by atoms with E-state index in [1.807, 2.05) is 0 Å². The number of anilines is 2. The van der Waals surface area contributed by atoms with Crippen molar-refractivity contribution in [2.24, 2.45) is 0 Å². The van der Waals surface area contributed by atoms with Crippen LogP contribution in [0.15, 0.2) is 36.7 Å². The Hall–Kier alpha value is -2.31. The van der Waals surface area contributed by atoms with Crippen molar-refractivity contribution < 1.29 is 13.2 Å². The van der Waals surface area contributed by atoms with Crippen molar-refractivity contribution in [3.63, 3.8) is 0 Å². The van der Waals surface area contributed by atoms with E-state index in [9.17, 15) is 13.2 Å². The van der Waals surface area contributed by atoms with Crippen LogP contribution < -0.4 is 11.1 Å². The highest BCUT2D eigenvalue weighted by Crippen LogP contribution is 2.31. The zero-order chi connectivity index (χ0) is 13.9. The van der Waals surface area contributed by atoms with Gasteiger partial charge in [0.05, 0.1) is 23.6 Å². The normalized spacial score (nSPS) is 11.3. The van der Waals surface area contributed by atoms with Crippen LogP contribution in [0.2, 0.25) is 0 Å². The van der Waals surface area contributed by atoms with Crippen LogP contribution in [0.4, 0.5) is 24.8 Å². The molecule has 0 amide bonds. The summed E-state index contributed by atoms with van der Waals surface area (Å²) >= 11 is 0. The Labute approximate surface area is 107 Å². The van der Waals surface area contributed by atoms with E-state index in [4.69, 9.17) is 5.73 Å². The Morgan fingerprint density at radius 1 is 1.11 bits per heavy atom. The van der Waals surface area contributed by atoms with Gasteiger partial charge in [-0.3, -0.25) is 0 Å². The van der Waals surface area contributed by atoms with Gasteiger partial charge < -0.3 is 11.1 Å². The summed E-state index contributed by atoms with van der Waals surface area (Å²) in [6, 6.07) is 5.36. The van der Waals surface area contributed by atoms with E-state index in [0.717, 1.165) is 6.07 Å². The molecule has 100 valence electrons. The third kappa shape index (κ3) is 3.34. The summed E-state index contributed by atoms with van der Waals surface area (Å²) in [7, 11) is 0. The molecule has 1 heterocycles. The second-order valence-electron chi connectivity index (χ2n) is 3.85. The number of aromatic nitrogens is 2. The molecule has 0 atom stereocenters. The summed E-state index contributed by atoms with van der Waals surface area (Å²) in [4.78, 5) is 7.71. The van der Waals surface area contributed by atoms with Crippen LogP contribution in [0.1, 0.15) is 11.1 Å². The van der Waals surface area contributed by atoms with Crippen LogP contribution >= 0.6 is 0 Å². The summed E-state index contributed by atoms with van der Waals surface area (Å²) in [6.45, 7) is -0.0143. The average molecular weight is 268 g/mol. The first kappa shape index (κ1) is 13.1. The number of nitrogens with two attached hydrogens (primary N) is 1. The summed E-state index contributed by atoms with van der Waals surface area (Å²) in [5, 5.41) is 2.72.